The monoisotopic (exact) mass is 466 g/mol. The molecule has 2 heterocycles. The predicted molar refractivity (Wildman–Crippen MR) is 130 cm³/mol. The molecule has 0 bridgehead atoms. The van der Waals surface area contributed by atoms with Gasteiger partial charge in [-0.05, 0) is 55.4 Å². The minimum absolute atomic E-state index is 0.268. The number of piperidine rings is 1. The molecule has 3 N–H and O–H groups in total. The third-order valence-electron chi connectivity index (χ3n) is 6.07. The summed E-state index contributed by atoms with van der Waals surface area (Å²) in [6.07, 6.45) is 1.27. The van der Waals surface area contributed by atoms with Crippen molar-refractivity contribution in [3.63, 3.8) is 0 Å². The van der Waals surface area contributed by atoms with Crippen molar-refractivity contribution in [2.75, 3.05) is 18.0 Å². The van der Waals surface area contributed by atoms with E-state index in [9.17, 15) is 19.9 Å². The van der Waals surface area contributed by atoms with Crippen molar-refractivity contribution < 1.29 is 24.7 Å². The highest BCUT2D eigenvalue weighted by molar-refractivity contribution is 7.14. The zero-order valence-corrected chi connectivity index (χ0v) is 19.5. The normalized spacial score (nSPS) is 14.4. The van der Waals surface area contributed by atoms with E-state index in [1.54, 1.807) is 23.5 Å². The molecule has 1 aliphatic heterocycles. The molecular weight excluding hydrogens is 439 g/mol. The molecule has 0 amide bonds. The number of carboxylic acids is 1. The molecule has 0 aliphatic carbocycles. The number of carboxylic acid groups (broad SMARTS) is 1. The summed E-state index contributed by atoms with van der Waals surface area (Å²) < 4.78 is 6.17. The van der Waals surface area contributed by atoms with Crippen molar-refractivity contribution in [1.29, 1.82) is 0 Å². The van der Waals surface area contributed by atoms with Crippen LogP contribution in [0.2, 0.25) is 0 Å². The Morgan fingerprint density at radius 1 is 1.18 bits per heavy atom. The number of hydrogen-bond acceptors (Lipinski definition) is 7. The van der Waals surface area contributed by atoms with E-state index in [-0.39, 0.29) is 5.92 Å². The number of benzene rings is 2. The van der Waals surface area contributed by atoms with Crippen molar-refractivity contribution in [3.8, 4) is 17.0 Å². The fourth-order valence-corrected chi connectivity index (χ4v) is 4.90. The average molecular weight is 466 g/mol. The van der Waals surface area contributed by atoms with Gasteiger partial charge in [0.25, 0.3) is 0 Å². The SMILES string of the molecule is Cc1ccc(OCc2ccc(B(O)O)cc2C)c(-c2csc(N3CCC(C(=O)O)CC3)n2)c1. The highest BCUT2D eigenvalue weighted by Crippen LogP contribution is 2.35. The molecule has 33 heavy (non-hydrogen) atoms. The molecule has 1 aliphatic rings. The Morgan fingerprint density at radius 2 is 1.94 bits per heavy atom. The Hall–Kier alpha value is -2.88. The molecule has 3 aromatic rings. The molecular formula is C24H27BN2O5S. The fourth-order valence-electron chi connectivity index (χ4n) is 4.02. The molecule has 0 radical (unpaired) electrons. The van der Waals surface area contributed by atoms with Crippen LogP contribution in [0, 0.1) is 19.8 Å². The lowest BCUT2D eigenvalue weighted by Gasteiger charge is -2.29. The summed E-state index contributed by atoms with van der Waals surface area (Å²) >= 11 is 1.56. The zero-order chi connectivity index (χ0) is 23.5. The van der Waals surface area contributed by atoms with Gasteiger partial charge in [0.1, 0.15) is 12.4 Å². The first-order chi connectivity index (χ1) is 15.8. The van der Waals surface area contributed by atoms with Crippen LogP contribution in [0.4, 0.5) is 5.13 Å². The topological polar surface area (TPSA) is 103 Å². The van der Waals surface area contributed by atoms with Gasteiger partial charge < -0.3 is 24.8 Å². The van der Waals surface area contributed by atoms with Crippen LogP contribution in [-0.2, 0) is 11.4 Å². The van der Waals surface area contributed by atoms with Crippen molar-refractivity contribution in [2.45, 2.75) is 33.3 Å². The van der Waals surface area contributed by atoms with Crippen molar-refractivity contribution in [3.05, 3.63) is 58.5 Å². The first-order valence-electron chi connectivity index (χ1n) is 10.9. The maximum absolute atomic E-state index is 11.2. The van der Waals surface area contributed by atoms with Gasteiger partial charge in [-0.15, -0.1) is 11.3 Å². The number of aryl methyl sites for hydroxylation is 2. The number of hydrogen-bond donors (Lipinski definition) is 3. The Kier molecular flexibility index (Phi) is 7.02. The number of nitrogens with zero attached hydrogens (tertiary/aromatic N) is 2. The standard InChI is InChI=1S/C24H27BN2O5S/c1-15-3-6-22(32-13-18-4-5-19(25(30)31)12-16(18)2)20(11-15)21-14-33-24(26-21)27-9-7-17(8-10-27)23(28)29/h3-6,11-12,14,17,30-31H,7-10,13H2,1-2H3,(H,28,29). The van der Waals surface area contributed by atoms with E-state index >= 15 is 0 Å². The number of carbonyl (C=O) groups is 1. The largest absolute Gasteiger partial charge is 0.488 e. The van der Waals surface area contributed by atoms with E-state index < -0.39 is 13.1 Å². The molecule has 1 saturated heterocycles. The van der Waals surface area contributed by atoms with Gasteiger partial charge in [0.15, 0.2) is 5.13 Å². The van der Waals surface area contributed by atoms with Crippen LogP contribution in [0.1, 0.15) is 29.5 Å². The van der Waals surface area contributed by atoms with E-state index in [0.29, 0.717) is 38.0 Å². The third kappa shape index (κ3) is 5.38. The molecule has 0 atom stereocenters. The Bertz CT molecular complexity index is 1140. The second-order valence-electron chi connectivity index (χ2n) is 8.46. The second-order valence-corrected chi connectivity index (χ2v) is 9.30. The van der Waals surface area contributed by atoms with Gasteiger partial charge in [0.2, 0.25) is 0 Å². The molecule has 0 unspecified atom stereocenters. The summed E-state index contributed by atoms with van der Waals surface area (Å²) in [5.41, 5.74) is 5.20. The quantitative estimate of drug-likeness (QED) is 0.460. The Balaban J connectivity index is 1.51. The summed E-state index contributed by atoms with van der Waals surface area (Å²) in [6.45, 7) is 5.68. The lowest BCUT2D eigenvalue weighted by molar-refractivity contribution is -0.142. The number of aromatic nitrogens is 1. The second kappa shape index (κ2) is 9.95. The maximum atomic E-state index is 11.2. The summed E-state index contributed by atoms with van der Waals surface area (Å²) in [6, 6.07) is 11.3. The van der Waals surface area contributed by atoms with E-state index in [4.69, 9.17) is 9.72 Å². The minimum atomic E-state index is -1.49. The molecule has 0 saturated carbocycles. The van der Waals surface area contributed by atoms with Gasteiger partial charge in [-0.25, -0.2) is 4.98 Å². The summed E-state index contributed by atoms with van der Waals surface area (Å²) in [5.74, 6) is -0.253. The van der Waals surface area contributed by atoms with Gasteiger partial charge in [0.05, 0.1) is 11.6 Å². The number of anilines is 1. The van der Waals surface area contributed by atoms with E-state index in [0.717, 1.165) is 38.8 Å². The Labute approximate surface area is 197 Å². The van der Waals surface area contributed by atoms with Crippen LogP contribution in [0.3, 0.4) is 0 Å². The third-order valence-corrected chi connectivity index (χ3v) is 6.97. The van der Waals surface area contributed by atoms with Gasteiger partial charge in [-0.1, -0.05) is 29.8 Å². The zero-order valence-electron chi connectivity index (χ0n) is 18.7. The molecule has 2 aromatic carbocycles. The lowest BCUT2D eigenvalue weighted by Crippen LogP contribution is -2.36. The molecule has 0 spiro atoms. The smallest absolute Gasteiger partial charge is 0.488 e. The van der Waals surface area contributed by atoms with Crippen LogP contribution in [0.25, 0.3) is 11.3 Å². The number of aliphatic carboxylic acids is 1. The average Bonchev–Trinajstić information content (AvgIpc) is 3.29. The van der Waals surface area contributed by atoms with Gasteiger partial charge in [-0.2, -0.15) is 0 Å². The predicted octanol–water partition coefficient (Wildman–Crippen LogP) is 2.99. The van der Waals surface area contributed by atoms with Crippen LogP contribution in [0.15, 0.2) is 41.8 Å². The highest BCUT2D eigenvalue weighted by Gasteiger charge is 2.26. The maximum Gasteiger partial charge on any atom is 0.488 e. The van der Waals surface area contributed by atoms with Crippen LogP contribution >= 0.6 is 11.3 Å². The van der Waals surface area contributed by atoms with Crippen LogP contribution in [0.5, 0.6) is 5.75 Å². The van der Waals surface area contributed by atoms with E-state index in [1.165, 1.54) is 0 Å². The van der Waals surface area contributed by atoms with E-state index in [2.05, 4.69) is 11.0 Å². The van der Waals surface area contributed by atoms with Crippen molar-refractivity contribution >= 4 is 35.0 Å². The summed E-state index contributed by atoms with van der Waals surface area (Å²) in [4.78, 5) is 18.2. The number of rotatable bonds is 7. The van der Waals surface area contributed by atoms with Gasteiger partial charge >= 0.3 is 13.1 Å². The fraction of sp³-hybridized carbons (Fsp3) is 0.333. The lowest BCUT2D eigenvalue weighted by atomic mass is 9.79. The Morgan fingerprint density at radius 3 is 2.61 bits per heavy atom. The highest BCUT2D eigenvalue weighted by atomic mass is 32.1. The summed E-state index contributed by atoms with van der Waals surface area (Å²) in [7, 11) is -1.49. The molecule has 1 aromatic heterocycles. The van der Waals surface area contributed by atoms with Crippen molar-refractivity contribution in [1.82, 2.24) is 4.98 Å². The molecule has 9 heteroatoms. The van der Waals surface area contributed by atoms with Gasteiger partial charge in [0, 0.05) is 24.0 Å². The molecule has 172 valence electrons. The number of ether oxygens (including phenoxy) is 1. The van der Waals surface area contributed by atoms with Crippen LogP contribution in [-0.4, -0.2) is 46.3 Å². The van der Waals surface area contributed by atoms with Crippen LogP contribution < -0.4 is 15.1 Å². The van der Waals surface area contributed by atoms with E-state index in [1.807, 2.05) is 37.4 Å². The molecule has 7 nitrogen and oxygen atoms in total. The number of thiazole rings is 1. The minimum Gasteiger partial charge on any atom is -0.488 e. The first kappa shape index (κ1) is 23.3. The first-order valence-corrected chi connectivity index (χ1v) is 11.8. The van der Waals surface area contributed by atoms with Gasteiger partial charge in [-0.3, -0.25) is 4.79 Å². The molecule has 4 rings (SSSR count). The van der Waals surface area contributed by atoms with Crippen molar-refractivity contribution in [2.24, 2.45) is 5.92 Å². The molecule has 1 fully saturated rings. The summed E-state index contributed by atoms with van der Waals surface area (Å²) in [5, 5.41) is 30.9.